The van der Waals surface area contributed by atoms with E-state index in [1.807, 2.05) is 31.2 Å². The van der Waals surface area contributed by atoms with Gasteiger partial charge in [0.2, 0.25) is 0 Å². The number of carbonyl (C=O) groups is 2. The topological polar surface area (TPSA) is 82.0 Å². The minimum absolute atomic E-state index is 0.0200. The van der Waals surface area contributed by atoms with E-state index in [-0.39, 0.29) is 17.3 Å². The quantitative estimate of drug-likeness (QED) is 0.441. The first kappa shape index (κ1) is 19.9. The third-order valence-corrected chi connectivity index (χ3v) is 4.21. The highest BCUT2D eigenvalue weighted by Gasteiger charge is 2.15. The minimum Gasteiger partial charge on any atom is -0.360 e. The summed E-state index contributed by atoms with van der Waals surface area (Å²) in [6.07, 6.45) is 1.37. The maximum absolute atomic E-state index is 12.5. The summed E-state index contributed by atoms with van der Waals surface area (Å²) in [5.74, 6) is -0.248. The van der Waals surface area contributed by atoms with Gasteiger partial charge in [0.05, 0.1) is 0 Å². The molecule has 0 unspecified atom stereocenters. The van der Waals surface area contributed by atoms with Crippen LogP contribution in [0.5, 0.6) is 0 Å². The van der Waals surface area contributed by atoms with Crippen molar-refractivity contribution in [2.24, 2.45) is 0 Å². The molecule has 2 aromatic carbocycles. The van der Waals surface area contributed by atoms with Crippen LogP contribution < -0.4 is 10.6 Å². The molecule has 0 saturated heterocycles. The van der Waals surface area contributed by atoms with Crippen LogP contribution in [0.15, 0.2) is 54.2 Å². The number of nitrogens with zero attached hydrogens (tertiary/aromatic N) is 1. The Kier molecular flexibility index (Phi) is 6.51. The van der Waals surface area contributed by atoms with Crippen LogP contribution in [0.4, 0.5) is 11.4 Å². The molecule has 1 amide bonds. The number of Topliss-reactive ketones (excluding diaryl/α,β-unsaturated/α-hetero) is 1. The van der Waals surface area contributed by atoms with Crippen molar-refractivity contribution >= 4 is 23.1 Å². The number of para-hydroxylation sites is 1. The molecule has 27 heavy (non-hydrogen) atoms. The summed E-state index contributed by atoms with van der Waals surface area (Å²) < 4.78 is 0. The van der Waals surface area contributed by atoms with Gasteiger partial charge in [-0.1, -0.05) is 32.0 Å². The summed E-state index contributed by atoms with van der Waals surface area (Å²) >= 11 is 0. The molecule has 138 valence electrons. The molecule has 0 aromatic heterocycles. The van der Waals surface area contributed by atoms with Crippen molar-refractivity contribution in [1.82, 2.24) is 0 Å². The number of anilines is 2. The molecule has 2 aromatic rings. The Morgan fingerprint density at radius 2 is 1.78 bits per heavy atom. The summed E-state index contributed by atoms with van der Waals surface area (Å²) in [5, 5.41) is 15.1. The van der Waals surface area contributed by atoms with E-state index in [9.17, 15) is 14.9 Å². The van der Waals surface area contributed by atoms with Gasteiger partial charge in [-0.05, 0) is 55.2 Å². The third kappa shape index (κ3) is 5.05. The van der Waals surface area contributed by atoms with Gasteiger partial charge in [0.25, 0.3) is 5.91 Å². The average Bonchev–Trinajstić information content (AvgIpc) is 2.64. The van der Waals surface area contributed by atoms with Gasteiger partial charge in [-0.25, -0.2) is 0 Å². The molecule has 5 nitrogen and oxygen atoms in total. The van der Waals surface area contributed by atoms with Gasteiger partial charge in [0.1, 0.15) is 11.6 Å². The first-order chi connectivity index (χ1) is 12.8. The number of carbonyl (C=O) groups excluding carboxylic acids is 2. The zero-order valence-electron chi connectivity index (χ0n) is 16.0. The first-order valence-electron chi connectivity index (χ1n) is 8.72. The normalized spacial score (nSPS) is 11.0. The zero-order chi connectivity index (χ0) is 20.0. The van der Waals surface area contributed by atoms with E-state index in [4.69, 9.17) is 0 Å². The van der Waals surface area contributed by atoms with Crippen LogP contribution in [0.2, 0.25) is 0 Å². The number of amides is 1. The zero-order valence-corrected chi connectivity index (χ0v) is 16.0. The molecule has 0 saturated carbocycles. The molecular weight excluding hydrogens is 338 g/mol. The Hall–Kier alpha value is -3.39. The number of nitrogens with one attached hydrogen (secondary N) is 2. The van der Waals surface area contributed by atoms with Crippen LogP contribution in [-0.4, -0.2) is 11.7 Å². The summed E-state index contributed by atoms with van der Waals surface area (Å²) in [7, 11) is 0. The molecule has 0 bridgehead atoms. The Balaban J connectivity index is 2.18. The number of nitriles is 1. The molecule has 2 N–H and O–H groups in total. The van der Waals surface area contributed by atoms with Crippen molar-refractivity contribution < 1.29 is 9.59 Å². The lowest BCUT2D eigenvalue weighted by atomic mass is 9.98. The van der Waals surface area contributed by atoms with Crippen LogP contribution in [-0.2, 0) is 4.79 Å². The molecule has 0 atom stereocenters. The largest absolute Gasteiger partial charge is 0.360 e. The molecule has 0 aliphatic heterocycles. The van der Waals surface area contributed by atoms with E-state index in [0.717, 1.165) is 16.8 Å². The number of hydrogen-bond acceptors (Lipinski definition) is 4. The molecule has 0 heterocycles. The lowest BCUT2D eigenvalue weighted by molar-refractivity contribution is -0.112. The van der Waals surface area contributed by atoms with E-state index in [1.54, 1.807) is 24.3 Å². The number of ketones is 1. The predicted octanol–water partition coefficient (Wildman–Crippen LogP) is 4.78. The van der Waals surface area contributed by atoms with Crippen molar-refractivity contribution in [1.29, 1.82) is 5.26 Å². The van der Waals surface area contributed by atoms with Gasteiger partial charge in [-0.15, -0.1) is 0 Å². The summed E-state index contributed by atoms with van der Waals surface area (Å²) in [5.41, 5.74) is 3.95. The van der Waals surface area contributed by atoms with Crippen molar-refractivity contribution in [3.05, 3.63) is 70.9 Å². The van der Waals surface area contributed by atoms with E-state index in [0.29, 0.717) is 11.3 Å². The van der Waals surface area contributed by atoms with Crippen LogP contribution >= 0.6 is 0 Å². The standard InChI is InChI=1S/C22H23N3O2/c1-14(2)20-7-5-6-15(3)21(20)25-22(27)18(12-23)13-24-19-10-8-17(9-11-19)16(4)26/h5-11,13-14,24H,1-4H3,(H,25,27)/b18-13-. The predicted molar refractivity (Wildman–Crippen MR) is 108 cm³/mol. The SMILES string of the molecule is CC(=O)c1ccc(N/C=C(/C#N)C(=O)Nc2c(C)cccc2C(C)C)cc1. The molecule has 2 rings (SSSR count). The lowest BCUT2D eigenvalue weighted by Gasteiger charge is -2.16. The van der Waals surface area contributed by atoms with Gasteiger partial charge in [-0.3, -0.25) is 9.59 Å². The maximum atomic E-state index is 12.5. The Labute approximate surface area is 159 Å². The highest BCUT2D eigenvalue weighted by molar-refractivity contribution is 6.07. The Morgan fingerprint density at radius 1 is 1.11 bits per heavy atom. The number of rotatable bonds is 6. The molecule has 0 aliphatic rings. The molecule has 5 heteroatoms. The van der Waals surface area contributed by atoms with E-state index in [2.05, 4.69) is 24.5 Å². The molecule has 0 radical (unpaired) electrons. The number of aryl methyl sites for hydroxylation is 1. The fourth-order valence-electron chi connectivity index (χ4n) is 2.63. The first-order valence-corrected chi connectivity index (χ1v) is 8.72. The molecule has 0 fully saturated rings. The minimum atomic E-state index is -0.471. The van der Waals surface area contributed by atoms with Crippen molar-refractivity contribution in [2.45, 2.75) is 33.6 Å². The highest BCUT2D eigenvalue weighted by atomic mass is 16.1. The van der Waals surface area contributed by atoms with Gasteiger partial charge in [-0.2, -0.15) is 5.26 Å². The van der Waals surface area contributed by atoms with Gasteiger partial charge in [0.15, 0.2) is 5.78 Å². The van der Waals surface area contributed by atoms with Crippen molar-refractivity contribution in [3.8, 4) is 6.07 Å². The van der Waals surface area contributed by atoms with E-state index >= 15 is 0 Å². The van der Waals surface area contributed by atoms with Gasteiger partial charge >= 0.3 is 0 Å². The Morgan fingerprint density at radius 3 is 2.33 bits per heavy atom. The van der Waals surface area contributed by atoms with Crippen molar-refractivity contribution in [3.63, 3.8) is 0 Å². The summed E-state index contributed by atoms with van der Waals surface area (Å²) in [4.78, 5) is 23.9. The molecule has 0 aliphatic carbocycles. The summed E-state index contributed by atoms with van der Waals surface area (Å²) in [6.45, 7) is 7.53. The second-order valence-electron chi connectivity index (χ2n) is 6.60. The summed E-state index contributed by atoms with van der Waals surface area (Å²) in [6, 6.07) is 14.6. The Bertz CT molecular complexity index is 920. The maximum Gasteiger partial charge on any atom is 0.267 e. The van der Waals surface area contributed by atoms with Gasteiger partial charge < -0.3 is 10.6 Å². The fourth-order valence-corrected chi connectivity index (χ4v) is 2.63. The fraction of sp³-hybridized carbons (Fsp3) is 0.227. The second-order valence-corrected chi connectivity index (χ2v) is 6.60. The van der Waals surface area contributed by atoms with Crippen LogP contribution in [0.1, 0.15) is 48.2 Å². The lowest BCUT2D eigenvalue weighted by Crippen LogP contribution is -2.17. The average molecular weight is 361 g/mol. The van der Waals surface area contributed by atoms with Gasteiger partial charge in [0, 0.05) is 23.1 Å². The number of hydrogen-bond donors (Lipinski definition) is 2. The smallest absolute Gasteiger partial charge is 0.267 e. The third-order valence-electron chi connectivity index (χ3n) is 4.21. The van der Waals surface area contributed by atoms with Crippen molar-refractivity contribution in [2.75, 3.05) is 10.6 Å². The van der Waals surface area contributed by atoms with Crippen LogP contribution in [0.3, 0.4) is 0 Å². The van der Waals surface area contributed by atoms with Crippen LogP contribution in [0.25, 0.3) is 0 Å². The number of benzene rings is 2. The van der Waals surface area contributed by atoms with Crippen LogP contribution in [0, 0.1) is 18.3 Å². The molecule has 0 spiro atoms. The monoisotopic (exact) mass is 361 g/mol. The van der Waals surface area contributed by atoms with E-state index in [1.165, 1.54) is 13.1 Å². The van der Waals surface area contributed by atoms with E-state index < -0.39 is 5.91 Å². The second kappa shape index (κ2) is 8.81. The highest BCUT2D eigenvalue weighted by Crippen LogP contribution is 2.27. The molecular formula is C22H23N3O2.